The summed E-state index contributed by atoms with van der Waals surface area (Å²) in [6, 6.07) is 9.40. The molecule has 0 saturated carbocycles. The number of hydrogen-bond donors (Lipinski definition) is 3. The van der Waals surface area contributed by atoms with E-state index in [-0.39, 0.29) is 17.3 Å². The quantitative estimate of drug-likeness (QED) is 0.215. The van der Waals surface area contributed by atoms with Gasteiger partial charge in [0.05, 0.1) is 5.54 Å². The molecule has 1 amide bonds. The van der Waals surface area contributed by atoms with Crippen molar-refractivity contribution in [3.63, 3.8) is 0 Å². The van der Waals surface area contributed by atoms with Crippen molar-refractivity contribution in [3.05, 3.63) is 42.1 Å². The third-order valence-electron chi connectivity index (χ3n) is 5.71. The molecule has 0 unspecified atom stereocenters. The van der Waals surface area contributed by atoms with Crippen molar-refractivity contribution < 1.29 is 4.79 Å². The van der Waals surface area contributed by atoms with Crippen molar-refractivity contribution in [3.8, 4) is 12.3 Å². The Bertz CT molecular complexity index is 1170. The molecule has 1 aromatic carbocycles. The largest absolute Gasteiger partial charge is 0.402 e. The van der Waals surface area contributed by atoms with Gasteiger partial charge in [-0.1, -0.05) is 12.8 Å². The number of nitrogens with one attached hydrogen (secondary N) is 1. The van der Waals surface area contributed by atoms with E-state index in [1.54, 1.807) is 13.0 Å². The van der Waals surface area contributed by atoms with Crippen LogP contribution in [0.3, 0.4) is 0 Å². The molecule has 1 aliphatic heterocycles. The number of anilines is 2. The summed E-state index contributed by atoms with van der Waals surface area (Å²) in [5.41, 5.74) is 12.8. The average Bonchev–Trinajstić information content (AvgIpc) is 2.84. The molecule has 9 nitrogen and oxygen atoms in total. The number of nitrogens with two attached hydrogens (primary N) is 2. The fourth-order valence-corrected chi connectivity index (χ4v) is 4.37. The minimum Gasteiger partial charge on any atom is -0.402 e. The highest BCUT2D eigenvalue weighted by atomic mass is 32.2. The highest BCUT2D eigenvalue weighted by Gasteiger charge is 2.28. The Kier molecular flexibility index (Phi) is 8.96. The first-order valence-electron chi connectivity index (χ1n) is 11.8. The lowest BCUT2D eigenvalue weighted by Crippen LogP contribution is -2.54. The van der Waals surface area contributed by atoms with Crippen LogP contribution in [-0.4, -0.2) is 58.3 Å². The zero-order valence-electron chi connectivity index (χ0n) is 21.3. The second-order valence-electron chi connectivity index (χ2n) is 9.00. The Balaban J connectivity index is 1.86. The van der Waals surface area contributed by atoms with Gasteiger partial charge in [0.15, 0.2) is 11.0 Å². The summed E-state index contributed by atoms with van der Waals surface area (Å²) in [4.78, 5) is 30.9. The number of allylic oxidation sites excluding steroid dienone is 1. The van der Waals surface area contributed by atoms with Crippen LogP contribution in [0.15, 0.2) is 57.1 Å². The number of carbonyl (C=O) groups is 1. The lowest BCUT2D eigenvalue weighted by atomic mass is 10.0. The number of benzene rings is 1. The van der Waals surface area contributed by atoms with Crippen LogP contribution >= 0.6 is 11.8 Å². The molecule has 0 radical (unpaired) electrons. The van der Waals surface area contributed by atoms with E-state index >= 15 is 0 Å². The molecule has 10 heteroatoms. The Morgan fingerprint density at radius 3 is 2.47 bits per heavy atom. The van der Waals surface area contributed by atoms with E-state index in [4.69, 9.17) is 22.9 Å². The Hall–Kier alpha value is -3.55. The molecule has 1 fully saturated rings. The van der Waals surface area contributed by atoms with Gasteiger partial charge in [0.2, 0.25) is 5.91 Å². The zero-order valence-corrected chi connectivity index (χ0v) is 22.1. The minimum atomic E-state index is -0.294. The van der Waals surface area contributed by atoms with Crippen molar-refractivity contribution in [2.24, 2.45) is 16.5 Å². The summed E-state index contributed by atoms with van der Waals surface area (Å²) in [6.07, 6.45) is 7.75. The maximum absolute atomic E-state index is 11.6. The van der Waals surface area contributed by atoms with E-state index < -0.39 is 0 Å². The number of amidine groups is 1. The number of rotatable bonds is 8. The van der Waals surface area contributed by atoms with Crippen molar-refractivity contribution in [2.75, 3.05) is 36.4 Å². The fraction of sp³-hybridized carbons (Fsp3) is 0.385. The molecule has 2 aromatic rings. The third kappa shape index (κ3) is 7.47. The van der Waals surface area contributed by atoms with Gasteiger partial charge < -0.3 is 21.7 Å². The summed E-state index contributed by atoms with van der Waals surface area (Å²) in [6.45, 7) is 10.9. The predicted octanol–water partition coefficient (Wildman–Crippen LogP) is 3.36. The molecule has 3 rings (SSSR count). The molecule has 5 N–H and O–H groups in total. The molecule has 0 bridgehead atoms. The molecule has 1 aromatic heterocycles. The van der Waals surface area contributed by atoms with Crippen molar-refractivity contribution in [2.45, 2.75) is 49.7 Å². The number of aliphatic imine (C=N–C) groups is 1. The summed E-state index contributed by atoms with van der Waals surface area (Å²) in [5.74, 6) is 4.35. The molecular formula is C26H34N8OS. The lowest BCUT2D eigenvalue weighted by molar-refractivity contribution is -0.115. The van der Waals surface area contributed by atoms with Crippen LogP contribution in [0.5, 0.6) is 0 Å². The van der Waals surface area contributed by atoms with Gasteiger partial charge >= 0.3 is 0 Å². The van der Waals surface area contributed by atoms with Crippen LogP contribution in [-0.2, 0) is 4.79 Å². The molecule has 1 saturated heterocycles. The fourth-order valence-electron chi connectivity index (χ4n) is 3.61. The van der Waals surface area contributed by atoms with Crippen molar-refractivity contribution in [1.82, 2.24) is 14.9 Å². The topological polar surface area (TPSA) is 126 Å². The van der Waals surface area contributed by atoms with Crippen LogP contribution in [0, 0.1) is 12.3 Å². The predicted molar refractivity (Wildman–Crippen MR) is 147 cm³/mol. The summed E-state index contributed by atoms with van der Waals surface area (Å²) in [7, 11) is 0. The molecule has 2 heterocycles. The van der Waals surface area contributed by atoms with Crippen molar-refractivity contribution in [1.29, 1.82) is 0 Å². The first-order valence-corrected chi connectivity index (χ1v) is 12.6. The lowest BCUT2D eigenvalue weighted by Gasteiger charge is -2.41. The van der Waals surface area contributed by atoms with Crippen LogP contribution in [0.2, 0.25) is 0 Å². The molecular weight excluding hydrogens is 472 g/mol. The average molecular weight is 507 g/mol. The van der Waals surface area contributed by atoms with Gasteiger partial charge in [0.25, 0.3) is 0 Å². The Morgan fingerprint density at radius 1 is 1.22 bits per heavy atom. The van der Waals surface area contributed by atoms with Gasteiger partial charge in [0.1, 0.15) is 11.7 Å². The van der Waals surface area contributed by atoms with E-state index in [2.05, 4.69) is 44.9 Å². The maximum Gasteiger partial charge on any atom is 0.224 e. The van der Waals surface area contributed by atoms with Gasteiger partial charge in [-0.25, -0.2) is 15.0 Å². The first-order chi connectivity index (χ1) is 17.1. The molecule has 1 aliphatic rings. The maximum atomic E-state index is 11.6. The van der Waals surface area contributed by atoms with Gasteiger partial charge in [-0.05, 0) is 62.9 Å². The smallest absolute Gasteiger partial charge is 0.224 e. The highest BCUT2D eigenvalue weighted by Crippen LogP contribution is 2.30. The zero-order chi connectivity index (χ0) is 26.3. The number of piperazine rings is 1. The SMILES string of the molecule is C#CC(C)(C)N1CCN(c2cc(N=C(N)C=C(C)N)nc(Sc3ccc(NC(=O)CC)cc3)n2)CC1. The highest BCUT2D eigenvalue weighted by molar-refractivity contribution is 7.99. The minimum absolute atomic E-state index is 0.0287. The normalized spacial score (nSPS) is 15.5. The van der Waals surface area contributed by atoms with Gasteiger partial charge in [0, 0.05) is 54.9 Å². The summed E-state index contributed by atoms with van der Waals surface area (Å²) in [5, 5.41) is 3.40. The monoisotopic (exact) mass is 506 g/mol. The number of hydrogen-bond acceptors (Lipinski definition) is 8. The van der Waals surface area contributed by atoms with E-state index in [1.165, 1.54) is 11.8 Å². The molecule has 0 atom stereocenters. The van der Waals surface area contributed by atoms with Crippen LogP contribution in [0.1, 0.15) is 34.1 Å². The third-order valence-corrected chi connectivity index (χ3v) is 6.59. The van der Waals surface area contributed by atoms with E-state index in [0.717, 1.165) is 42.6 Å². The van der Waals surface area contributed by atoms with Crippen LogP contribution in [0.4, 0.5) is 17.3 Å². The summed E-state index contributed by atoms with van der Waals surface area (Å²) >= 11 is 1.41. The molecule has 0 aliphatic carbocycles. The van der Waals surface area contributed by atoms with Gasteiger partial charge in [-0.15, -0.1) is 6.42 Å². The van der Waals surface area contributed by atoms with Crippen molar-refractivity contribution >= 4 is 40.8 Å². The number of nitrogens with zero attached hydrogens (tertiary/aromatic N) is 5. The van der Waals surface area contributed by atoms with E-state index in [9.17, 15) is 4.79 Å². The summed E-state index contributed by atoms with van der Waals surface area (Å²) < 4.78 is 0. The number of carbonyl (C=O) groups excluding carboxylic acids is 1. The standard InChI is InChI=1S/C26H34N8OS/c1-6-24(35)29-19-8-10-20(11-9-19)36-25-31-22(30-21(28)16-18(3)27)17-23(32-25)33-12-14-34(15-13-33)26(4,5)7-2/h2,8-11,16-17H,6,12-15,27H2,1,3-5H3,(H,29,35)(H2,28,30,31,32). The van der Waals surface area contributed by atoms with Gasteiger partial charge in [-0.2, -0.15) is 0 Å². The Morgan fingerprint density at radius 2 is 1.89 bits per heavy atom. The molecule has 190 valence electrons. The molecule has 0 spiro atoms. The van der Waals surface area contributed by atoms with E-state index in [1.807, 2.05) is 37.3 Å². The van der Waals surface area contributed by atoms with Crippen LogP contribution in [0.25, 0.3) is 0 Å². The number of terminal acetylenes is 1. The second kappa shape index (κ2) is 11.9. The Labute approximate surface area is 217 Å². The molecule has 36 heavy (non-hydrogen) atoms. The first kappa shape index (κ1) is 27.0. The number of aromatic nitrogens is 2. The number of amides is 1. The van der Waals surface area contributed by atoms with Gasteiger partial charge in [-0.3, -0.25) is 9.69 Å². The second-order valence-corrected chi connectivity index (χ2v) is 10.0. The van der Waals surface area contributed by atoms with Crippen LogP contribution < -0.4 is 21.7 Å². The van der Waals surface area contributed by atoms with E-state index in [0.29, 0.717) is 23.1 Å².